The Morgan fingerprint density at radius 2 is 1.39 bits per heavy atom. The zero-order chi connectivity index (χ0) is 26.6. The van der Waals surface area contributed by atoms with Gasteiger partial charge in [0.25, 0.3) is 0 Å². The van der Waals surface area contributed by atoms with Gasteiger partial charge in [0, 0.05) is 10.5 Å². The number of thioether (sulfide) groups is 4. The van der Waals surface area contributed by atoms with E-state index >= 15 is 0 Å². The summed E-state index contributed by atoms with van der Waals surface area (Å²) in [5, 5.41) is 2.74. The Kier molecular flexibility index (Phi) is 8.29. The fraction of sp³-hybridized carbons (Fsp3) is 0.571. The van der Waals surface area contributed by atoms with Gasteiger partial charge in [0.15, 0.2) is 0 Å². The molecule has 1 saturated carbocycles. The summed E-state index contributed by atoms with van der Waals surface area (Å²) in [5.41, 5.74) is 0.187. The quantitative estimate of drug-likeness (QED) is 0.303. The molecule has 0 N–H and O–H groups in total. The standard InChI is InChI=1S/C28H32N2O2S6/c1-5-10-15-13(6-2)29-17-21(35-15)25(33-3)19(31)27-23(17)37-28-20(32)26(34-4)22-18(24(28)38-27)30-14-11-8-7-9-12-16(14)36-22/h13-16H,5-12H2,1-4H3. The van der Waals surface area contributed by atoms with E-state index in [9.17, 15) is 9.59 Å². The van der Waals surface area contributed by atoms with E-state index in [1.54, 1.807) is 11.8 Å². The van der Waals surface area contributed by atoms with Crippen molar-refractivity contribution in [3.8, 4) is 0 Å². The lowest BCUT2D eigenvalue weighted by atomic mass is 10.1. The molecule has 202 valence electrons. The molecule has 0 aromatic heterocycles. The highest BCUT2D eigenvalue weighted by atomic mass is 32.2. The molecule has 3 heterocycles. The van der Waals surface area contributed by atoms with Crippen LogP contribution in [0, 0.1) is 18.1 Å². The van der Waals surface area contributed by atoms with E-state index in [0.29, 0.717) is 16.5 Å². The van der Waals surface area contributed by atoms with E-state index in [2.05, 4.69) is 13.8 Å². The first-order valence-electron chi connectivity index (χ1n) is 13.5. The zero-order valence-electron chi connectivity index (χ0n) is 22.1. The number of hydrogen-bond donors (Lipinski definition) is 0. The first-order valence-corrected chi connectivity index (χ1v) is 19.3. The molecule has 0 spiro atoms. The maximum absolute atomic E-state index is 14.0. The molecule has 0 bridgehead atoms. The molecule has 0 aromatic carbocycles. The van der Waals surface area contributed by atoms with Crippen molar-refractivity contribution in [2.45, 2.75) is 107 Å². The molecule has 38 heavy (non-hydrogen) atoms. The fourth-order valence-electron chi connectivity index (χ4n) is 5.88. The zero-order valence-corrected chi connectivity index (χ0v) is 27.0. The molecule has 3 aliphatic carbocycles. The van der Waals surface area contributed by atoms with E-state index < -0.39 is 0 Å². The largest absolute Gasteiger partial charge is 0.287 e. The van der Waals surface area contributed by atoms with Crippen molar-refractivity contribution in [2.75, 3.05) is 12.5 Å². The Balaban J connectivity index is 1.73. The summed E-state index contributed by atoms with van der Waals surface area (Å²) in [7, 11) is 0. The third-order valence-corrected chi connectivity index (χ3v) is 15.3. The minimum absolute atomic E-state index is 0.0910. The van der Waals surface area contributed by atoms with Crippen molar-refractivity contribution in [1.82, 2.24) is 0 Å². The first-order chi connectivity index (χ1) is 18.5. The van der Waals surface area contributed by atoms with Crippen LogP contribution in [0.25, 0.3) is 0 Å². The molecule has 0 saturated heterocycles. The third-order valence-electron chi connectivity index (χ3n) is 7.79. The van der Waals surface area contributed by atoms with Crippen molar-refractivity contribution in [1.29, 1.82) is 0 Å². The second kappa shape index (κ2) is 11.4. The summed E-state index contributed by atoms with van der Waals surface area (Å²) in [4.78, 5) is 42.3. The highest BCUT2D eigenvalue weighted by molar-refractivity contribution is 8.02. The van der Waals surface area contributed by atoms with E-state index in [1.165, 1.54) is 53.7 Å². The number of hydrogen-bond acceptors (Lipinski definition) is 10. The third kappa shape index (κ3) is 4.53. The van der Waals surface area contributed by atoms with E-state index in [0.717, 1.165) is 80.5 Å². The van der Waals surface area contributed by atoms with Gasteiger partial charge in [-0.3, -0.25) is 19.6 Å². The molecular weight excluding hydrogens is 589 g/mol. The van der Waals surface area contributed by atoms with Crippen LogP contribution in [0.4, 0.5) is 0 Å². The van der Waals surface area contributed by atoms with Gasteiger partial charge in [-0.2, -0.15) is 0 Å². The van der Waals surface area contributed by atoms with Crippen LogP contribution >= 0.6 is 69.7 Å². The van der Waals surface area contributed by atoms with Crippen LogP contribution in [0.1, 0.15) is 65.2 Å². The van der Waals surface area contributed by atoms with Crippen LogP contribution in [-0.4, -0.2) is 35.1 Å². The average molecular weight is 621 g/mol. The maximum Gasteiger partial charge on any atom is 0.212 e. The van der Waals surface area contributed by atoms with Crippen molar-refractivity contribution in [3.63, 3.8) is 0 Å². The summed E-state index contributed by atoms with van der Waals surface area (Å²) in [6.07, 6.45) is 13.2. The van der Waals surface area contributed by atoms with Gasteiger partial charge >= 0.3 is 0 Å². The van der Waals surface area contributed by atoms with Crippen molar-refractivity contribution in [2.24, 2.45) is 9.98 Å². The van der Waals surface area contributed by atoms with Crippen LogP contribution in [0.2, 0.25) is 0 Å². The molecule has 0 aromatic rings. The van der Waals surface area contributed by atoms with E-state index in [1.807, 2.05) is 36.0 Å². The van der Waals surface area contributed by atoms with Gasteiger partial charge < -0.3 is 0 Å². The predicted octanol–water partition coefficient (Wildman–Crippen LogP) is 6.52. The highest BCUT2D eigenvalue weighted by Gasteiger charge is 2.32. The van der Waals surface area contributed by atoms with Gasteiger partial charge in [-0.05, 0) is 38.2 Å². The fourth-order valence-corrected chi connectivity index (χ4v) is 13.6. The molecule has 6 rings (SSSR count). The summed E-state index contributed by atoms with van der Waals surface area (Å²) in [6.45, 7) is 4.42. The summed E-state index contributed by atoms with van der Waals surface area (Å²) in [6, 6.07) is 0.522. The minimum atomic E-state index is 0.0910. The number of fused-ring (bicyclic) bond motifs is 5. The average Bonchev–Trinajstić information content (AvgIpc) is 3.17. The monoisotopic (exact) mass is 620 g/mol. The Morgan fingerprint density at radius 3 is 2.00 bits per heavy atom. The van der Waals surface area contributed by atoms with Gasteiger partial charge in [-0.15, -0.1) is 69.7 Å². The number of nitrogens with zero attached hydrogens (tertiary/aromatic N) is 2. The minimum Gasteiger partial charge on any atom is -0.287 e. The molecule has 0 radical (unpaired) electrons. The summed E-state index contributed by atoms with van der Waals surface area (Å²) in [5.74, 6) is 0. The lowest BCUT2D eigenvalue weighted by Gasteiger charge is -2.27. The van der Waals surface area contributed by atoms with Crippen molar-refractivity contribution < 1.29 is 0 Å². The van der Waals surface area contributed by atoms with Gasteiger partial charge in [-0.1, -0.05) is 39.5 Å². The molecule has 4 unspecified atom stereocenters. The lowest BCUT2D eigenvalue weighted by Crippen LogP contribution is -2.33. The molecule has 4 nitrogen and oxygen atoms in total. The normalized spacial score (nSPS) is 24.7. The molecule has 3 aliphatic heterocycles. The van der Waals surface area contributed by atoms with Crippen LogP contribution in [0.15, 0.2) is 39.2 Å². The smallest absolute Gasteiger partial charge is 0.212 e. The molecule has 10 heteroatoms. The summed E-state index contributed by atoms with van der Waals surface area (Å²) < 4.78 is 3.27. The highest BCUT2D eigenvalue weighted by Crippen LogP contribution is 2.40. The van der Waals surface area contributed by atoms with Crippen LogP contribution < -0.4 is 21.6 Å². The Hall–Kier alpha value is -0.520. The molecule has 1 fully saturated rings. The van der Waals surface area contributed by atoms with Crippen molar-refractivity contribution in [3.05, 3.63) is 49.3 Å². The van der Waals surface area contributed by atoms with Gasteiger partial charge in [0.2, 0.25) is 10.9 Å². The van der Waals surface area contributed by atoms with E-state index in [4.69, 9.17) is 9.98 Å². The molecular formula is C28H32N2O2S6. The Bertz CT molecular complexity index is 1770. The molecule has 4 atom stereocenters. The maximum atomic E-state index is 14.0. The molecule has 0 amide bonds. The number of rotatable bonds is 5. The van der Waals surface area contributed by atoms with Crippen LogP contribution in [0.5, 0.6) is 0 Å². The van der Waals surface area contributed by atoms with Crippen LogP contribution in [-0.2, 0) is 0 Å². The SMILES string of the molecule is CCCC1Sc2c(SC)c(=O)c3sc4c5c(c(SC)c(=O)c=4sc=3c2=NC1CC)SC1CCCCCC1N=5. The Labute approximate surface area is 247 Å². The topological polar surface area (TPSA) is 58.9 Å². The van der Waals surface area contributed by atoms with Gasteiger partial charge in [0.1, 0.15) is 0 Å². The Morgan fingerprint density at radius 1 is 0.789 bits per heavy atom. The van der Waals surface area contributed by atoms with Gasteiger partial charge in [0.05, 0.1) is 60.5 Å². The molecule has 6 aliphatic rings. The van der Waals surface area contributed by atoms with Crippen molar-refractivity contribution >= 4 is 69.7 Å². The van der Waals surface area contributed by atoms with Gasteiger partial charge in [-0.25, -0.2) is 0 Å². The first kappa shape index (κ1) is 27.6. The second-order valence-electron chi connectivity index (χ2n) is 10.1. The van der Waals surface area contributed by atoms with E-state index in [-0.39, 0.29) is 16.9 Å². The summed E-state index contributed by atoms with van der Waals surface area (Å²) >= 11 is 9.78. The van der Waals surface area contributed by atoms with Crippen LogP contribution in [0.3, 0.4) is 0 Å². The second-order valence-corrected chi connectivity index (χ2v) is 16.3. The predicted molar refractivity (Wildman–Crippen MR) is 166 cm³/mol. The lowest BCUT2D eigenvalue weighted by molar-refractivity contribution is 0.557.